The van der Waals surface area contributed by atoms with Crippen LogP contribution in [-0.4, -0.2) is 71.0 Å². The van der Waals surface area contributed by atoms with Gasteiger partial charge in [0, 0.05) is 31.8 Å². The maximum absolute atomic E-state index is 6.99. The van der Waals surface area contributed by atoms with E-state index in [1.54, 1.807) is 0 Å². The van der Waals surface area contributed by atoms with Crippen LogP contribution in [0.1, 0.15) is 112 Å². The van der Waals surface area contributed by atoms with Gasteiger partial charge in [-0.15, -0.1) is 0 Å². The molecule has 4 aliphatic carbocycles. The van der Waals surface area contributed by atoms with Gasteiger partial charge in [-0.05, 0) is 151 Å². The fourth-order valence-electron chi connectivity index (χ4n) is 10.6. The van der Waals surface area contributed by atoms with Crippen molar-refractivity contribution in [1.29, 1.82) is 0 Å². The molecule has 45 heavy (non-hydrogen) atoms. The number of ether oxygens (including phenoxy) is 4. The molecule has 3 unspecified atom stereocenters. The Morgan fingerprint density at radius 2 is 1.49 bits per heavy atom. The summed E-state index contributed by atoms with van der Waals surface area (Å²) in [5.74, 6) is 3.75. The molecule has 7 heteroatoms. The van der Waals surface area contributed by atoms with Crippen LogP contribution in [0.2, 0.25) is 0 Å². The van der Waals surface area contributed by atoms with E-state index < -0.39 is 0 Å². The Labute approximate surface area is 276 Å². The second kappa shape index (κ2) is 17.7. The molecule has 0 aromatic carbocycles. The molecule has 6 N–H and O–H groups in total. The number of rotatable bonds is 19. The van der Waals surface area contributed by atoms with Gasteiger partial charge in [0.2, 0.25) is 0 Å². The first kappa shape index (κ1) is 37.3. The zero-order valence-corrected chi connectivity index (χ0v) is 29.8. The Morgan fingerprint density at radius 3 is 2.18 bits per heavy atom. The van der Waals surface area contributed by atoms with Crippen molar-refractivity contribution >= 4 is 0 Å². The Hall–Kier alpha value is -0.540. The summed E-state index contributed by atoms with van der Waals surface area (Å²) in [6.07, 6.45) is 16.7. The lowest BCUT2D eigenvalue weighted by Gasteiger charge is -2.65. The van der Waals surface area contributed by atoms with E-state index in [4.69, 9.17) is 36.1 Å². The molecule has 0 radical (unpaired) electrons. The van der Waals surface area contributed by atoms with E-state index in [0.717, 1.165) is 84.4 Å². The van der Waals surface area contributed by atoms with Crippen molar-refractivity contribution in [3.05, 3.63) is 11.6 Å². The number of allylic oxidation sites excluding steroid dienone is 1. The molecular weight excluding hydrogens is 562 g/mol. The molecule has 4 fully saturated rings. The van der Waals surface area contributed by atoms with Crippen LogP contribution in [0.5, 0.6) is 0 Å². The molecule has 0 spiro atoms. The summed E-state index contributed by atoms with van der Waals surface area (Å²) in [5.41, 5.74) is 19.5. The van der Waals surface area contributed by atoms with Crippen molar-refractivity contribution < 1.29 is 18.9 Å². The second-order valence-corrected chi connectivity index (χ2v) is 16.0. The van der Waals surface area contributed by atoms with Gasteiger partial charge in [-0.25, -0.2) is 0 Å². The summed E-state index contributed by atoms with van der Waals surface area (Å²) in [7, 11) is 0. The summed E-state index contributed by atoms with van der Waals surface area (Å²) >= 11 is 0. The molecule has 11 atom stereocenters. The number of nitrogens with two attached hydrogens (primary N) is 3. The maximum Gasteiger partial charge on any atom is 0.0649 e. The third-order valence-electron chi connectivity index (χ3n) is 13.1. The number of hydrogen-bond acceptors (Lipinski definition) is 7. The second-order valence-electron chi connectivity index (χ2n) is 16.0. The first-order valence-electron chi connectivity index (χ1n) is 18.9. The van der Waals surface area contributed by atoms with E-state index in [0.29, 0.717) is 72.8 Å². The van der Waals surface area contributed by atoms with Gasteiger partial charge in [0.1, 0.15) is 0 Å². The Morgan fingerprint density at radius 1 is 0.800 bits per heavy atom. The summed E-state index contributed by atoms with van der Waals surface area (Å²) in [6.45, 7) is 18.0. The van der Waals surface area contributed by atoms with E-state index in [-0.39, 0.29) is 11.5 Å². The minimum atomic E-state index is 0.152. The third kappa shape index (κ3) is 8.74. The lowest BCUT2D eigenvalue weighted by Crippen LogP contribution is -2.63. The van der Waals surface area contributed by atoms with Crippen molar-refractivity contribution in [3.8, 4) is 0 Å². The minimum absolute atomic E-state index is 0.152. The van der Waals surface area contributed by atoms with Crippen LogP contribution in [0.25, 0.3) is 0 Å². The molecule has 0 aliphatic heterocycles. The first-order valence-corrected chi connectivity index (χ1v) is 18.9. The molecule has 4 aliphatic rings. The fourth-order valence-corrected chi connectivity index (χ4v) is 10.6. The standard InChI is InChI=1S/C38H71N3O4/c1-27(2)14-23-42-19-6-10-28(3)31-11-12-32-36-33(26-35(38(31,32)5)45-22-9-18-41)37(4)15-13-30(43-20-7-16-39)24-29(37)25-34(36)44-21-8-17-40/h14,28-36H,6-13,15-26,39-41H2,1-5H3/t28-,29?,30-,31-,32?,33+,34-,35+,36?,37+,38-/m1/s1. The highest BCUT2D eigenvalue weighted by Gasteiger charge is 2.66. The molecule has 0 aromatic heterocycles. The highest BCUT2D eigenvalue weighted by Crippen LogP contribution is 2.69. The van der Waals surface area contributed by atoms with Crippen molar-refractivity contribution in [2.45, 2.75) is 130 Å². The molecule has 0 heterocycles. The zero-order valence-electron chi connectivity index (χ0n) is 29.8. The summed E-state index contributed by atoms with van der Waals surface area (Å²) in [5, 5.41) is 0. The van der Waals surface area contributed by atoms with Gasteiger partial charge in [0.15, 0.2) is 0 Å². The van der Waals surface area contributed by atoms with Crippen molar-refractivity contribution in [2.75, 3.05) is 52.7 Å². The van der Waals surface area contributed by atoms with E-state index in [1.807, 2.05) is 0 Å². The average Bonchev–Trinajstić information content (AvgIpc) is 3.37. The van der Waals surface area contributed by atoms with Crippen molar-refractivity contribution in [2.24, 2.45) is 63.5 Å². The van der Waals surface area contributed by atoms with Crippen LogP contribution in [0.15, 0.2) is 11.6 Å². The van der Waals surface area contributed by atoms with Gasteiger partial charge in [-0.2, -0.15) is 0 Å². The van der Waals surface area contributed by atoms with Crippen LogP contribution in [-0.2, 0) is 18.9 Å². The lowest BCUT2D eigenvalue weighted by atomic mass is 9.43. The molecule has 7 nitrogen and oxygen atoms in total. The number of fused-ring (bicyclic) bond motifs is 5. The van der Waals surface area contributed by atoms with Crippen molar-refractivity contribution in [1.82, 2.24) is 0 Å². The predicted octanol–water partition coefficient (Wildman–Crippen LogP) is 6.47. The van der Waals surface area contributed by atoms with E-state index >= 15 is 0 Å². The molecule has 4 saturated carbocycles. The lowest BCUT2D eigenvalue weighted by molar-refractivity contribution is -0.227. The molecule has 4 rings (SSSR count). The van der Waals surface area contributed by atoms with Gasteiger partial charge in [0.05, 0.1) is 24.9 Å². The van der Waals surface area contributed by atoms with Gasteiger partial charge in [-0.3, -0.25) is 0 Å². The topological polar surface area (TPSA) is 115 Å². The fraction of sp³-hybridized carbons (Fsp3) is 0.947. The quantitative estimate of drug-likeness (QED) is 0.110. The van der Waals surface area contributed by atoms with Gasteiger partial charge < -0.3 is 36.1 Å². The maximum atomic E-state index is 6.99. The summed E-state index contributed by atoms with van der Waals surface area (Å²) < 4.78 is 26.2. The number of hydrogen-bond donors (Lipinski definition) is 3. The Kier molecular flexibility index (Phi) is 14.7. The minimum Gasteiger partial charge on any atom is -0.378 e. The van der Waals surface area contributed by atoms with Crippen LogP contribution in [0, 0.1) is 46.3 Å². The summed E-state index contributed by atoms with van der Waals surface area (Å²) in [6, 6.07) is 0. The largest absolute Gasteiger partial charge is 0.378 e. The molecule has 0 amide bonds. The molecule has 0 saturated heterocycles. The van der Waals surface area contributed by atoms with E-state index in [1.165, 1.54) is 31.3 Å². The van der Waals surface area contributed by atoms with Gasteiger partial charge in [-0.1, -0.05) is 32.4 Å². The SMILES string of the molecule is CC(C)=CCOCCC[C@@H](C)[C@H]1CCC2C3[C@H](OCCCN)CC4C[C@H](OCCCN)CC[C@]4(C)[C@H]3C[C@H](OCCCN)[C@@]21C. The third-order valence-corrected chi connectivity index (χ3v) is 13.1. The first-order chi connectivity index (χ1) is 21.7. The smallest absolute Gasteiger partial charge is 0.0649 e. The molecular formula is C38H71N3O4. The molecule has 262 valence electrons. The van der Waals surface area contributed by atoms with Crippen LogP contribution in [0.3, 0.4) is 0 Å². The van der Waals surface area contributed by atoms with Gasteiger partial charge in [0.25, 0.3) is 0 Å². The highest BCUT2D eigenvalue weighted by atomic mass is 16.5. The van der Waals surface area contributed by atoms with E-state index in [9.17, 15) is 0 Å². The van der Waals surface area contributed by atoms with Crippen LogP contribution in [0.4, 0.5) is 0 Å². The zero-order chi connectivity index (χ0) is 32.5. The van der Waals surface area contributed by atoms with Gasteiger partial charge >= 0.3 is 0 Å². The van der Waals surface area contributed by atoms with Crippen LogP contribution >= 0.6 is 0 Å². The highest BCUT2D eigenvalue weighted by molar-refractivity contribution is 5.15. The predicted molar refractivity (Wildman–Crippen MR) is 185 cm³/mol. The normalized spacial score (nSPS) is 38.3. The monoisotopic (exact) mass is 634 g/mol. The molecule has 0 bridgehead atoms. The van der Waals surface area contributed by atoms with E-state index in [2.05, 4.69) is 40.7 Å². The molecule has 0 aromatic rings. The average molecular weight is 634 g/mol. The Balaban J connectivity index is 1.56. The Bertz CT molecular complexity index is 898. The summed E-state index contributed by atoms with van der Waals surface area (Å²) in [4.78, 5) is 0. The van der Waals surface area contributed by atoms with Crippen molar-refractivity contribution in [3.63, 3.8) is 0 Å². The van der Waals surface area contributed by atoms with Crippen LogP contribution < -0.4 is 17.2 Å².